The highest BCUT2D eigenvalue weighted by Gasteiger charge is 2.20. The summed E-state index contributed by atoms with van der Waals surface area (Å²) in [5, 5.41) is 4.09. The van der Waals surface area contributed by atoms with Crippen molar-refractivity contribution in [3.63, 3.8) is 0 Å². The molecule has 0 spiro atoms. The van der Waals surface area contributed by atoms with Gasteiger partial charge in [0, 0.05) is 40.8 Å². The molecule has 0 unspecified atom stereocenters. The lowest BCUT2D eigenvalue weighted by atomic mass is 9.94. The maximum atomic E-state index is 12.6. The van der Waals surface area contributed by atoms with Crippen LogP contribution in [0.3, 0.4) is 0 Å². The Hall–Kier alpha value is -3.01. The van der Waals surface area contributed by atoms with Crippen LogP contribution in [0.5, 0.6) is 5.75 Å². The van der Waals surface area contributed by atoms with E-state index in [4.69, 9.17) is 9.15 Å². The zero-order valence-electron chi connectivity index (χ0n) is 17.5. The predicted molar refractivity (Wildman–Crippen MR) is 118 cm³/mol. The molecule has 3 aromatic rings. The average Bonchev–Trinajstić information content (AvgIpc) is 3.07. The zero-order valence-corrected chi connectivity index (χ0v) is 17.5. The molecule has 0 aliphatic heterocycles. The van der Waals surface area contributed by atoms with Crippen LogP contribution in [0.1, 0.15) is 47.8 Å². The Kier molecular flexibility index (Phi) is 5.18. The predicted octanol–water partition coefficient (Wildman–Crippen LogP) is 5.98. The van der Waals surface area contributed by atoms with Crippen LogP contribution in [-0.2, 0) is 17.6 Å². The lowest BCUT2D eigenvalue weighted by Crippen LogP contribution is -2.09. The number of amides is 1. The average molecular weight is 389 g/mol. The molecule has 0 saturated heterocycles. The number of carbonyl (C=O) groups is 1. The number of methoxy groups -OCH3 is 1. The summed E-state index contributed by atoms with van der Waals surface area (Å²) in [6.45, 7) is 6.04. The molecule has 0 saturated carbocycles. The van der Waals surface area contributed by atoms with Crippen LogP contribution in [-0.4, -0.2) is 13.0 Å². The molecule has 1 aliphatic carbocycles. The molecule has 4 rings (SSSR count). The summed E-state index contributed by atoms with van der Waals surface area (Å²) in [4.78, 5) is 12.6. The molecule has 0 bridgehead atoms. The maximum Gasteiger partial charge on any atom is 0.248 e. The highest BCUT2D eigenvalue weighted by Crippen LogP contribution is 2.37. The van der Waals surface area contributed by atoms with Crippen molar-refractivity contribution in [2.24, 2.45) is 0 Å². The van der Waals surface area contributed by atoms with Crippen LogP contribution in [0.25, 0.3) is 16.5 Å². The van der Waals surface area contributed by atoms with E-state index in [0.29, 0.717) is 0 Å². The molecule has 150 valence electrons. The number of fused-ring (bicyclic) bond motifs is 3. The maximum absolute atomic E-state index is 12.6. The number of carbonyl (C=O) groups excluding carboxylic acids is 1. The van der Waals surface area contributed by atoms with Gasteiger partial charge in [-0.15, -0.1) is 0 Å². The van der Waals surface area contributed by atoms with Crippen molar-refractivity contribution in [3.05, 3.63) is 64.4 Å². The lowest BCUT2D eigenvalue weighted by molar-refractivity contribution is -0.111. The first-order chi connectivity index (χ1) is 14.0. The molecule has 0 fully saturated rings. The van der Waals surface area contributed by atoms with Gasteiger partial charge in [-0.1, -0.05) is 6.07 Å². The number of furan rings is 1. The van der Waals surface area contributed by atoms with Crippen molar-refractivity contribution >= 4 is 28.1 Å². The van der Waals surface area contributed by atoms with Gasteiger partial charge in [0.2, 0.25) is 5.91 Å². The van der Waals surface area contributed by atoms with E-state index in [2.05, 4.69) is 18.3 Å². The molecular formula is C25H27NO3. The summed E-state index contributed by atoms with van der Waals surface area (Å²) in [6.07, 6.45) is 6.04. The summed E-state index contributed by atoms with van der Waals surface area (Å²) in [7, 11) is 1.65. The van der Waals surface area contributed by atoms with Crippen molar-refractivity contribution in [2.75, 3.05) is 12.4 Å². The number of anilines is 1. The van der Waals surface area contributed by atoms with Gasteiger partial charge < -0.3 is 14.5 Å². The molecule has 4 heteroatoms. The third-order valence-electron chi connectivity index (χ3n) is 5.82. The van der Waals surface area contributed by atoms with Crippen molar-refractivity contribution < 1.29 is 13.9 Å². The van der Waals surface area contributed by atoms with E-state index < -0.39 is 0 Å². The minimum atomic E-state index is -0.151. The largest absolute Gasteiger partial charge is 0.496 e. The number of allylic oxidation sites excluding steroid dienone is 1. The van der Waals surface area contributed by atoms with Crippen LogP contribution < -0.4 is 10.1 Å². The van der Waals surface area contributed by atoms with Crippen molar-refractivity contribution in [3.8, 4) is 5.75 Å². The molecule has 1 aliphatic rings. The number of hydrogen-bond acceptors (Lipinski definition) is 3. The number of ether oxygens (including phenoxy) is 1. The first-order valence-corrected chi connectivity index (χ1v) is 10.2. The van der Waals surface area contributed by atoms with Gasteiger partial charge in [0.1, 0.15) is 17.1 Å². The Morgan fingerprint density at radius 3 is 2.66 bits per heavy atom. The topological polar surface area (TPSA) is 51.5 Å². The molecule has 1 amide bonds. The Morgan fingerprint density at radius 1 is 1.10 bits per heavy atom. The van der Waals surface area contributed by atoms with E-state index in [1.54, 1.807) is 13.2 Å². The second-order valence-corrected chi connectivity index (χ2v) is 7.88. The molecule has 1 aromatic heterocycles. The summed E-state index contributed by atoms with van der Waals surface area (Å²) < 4.78 is 11.7. The number of rotatable bonds is 4. The van der Waals surface area contributed by atoms with Crippen molar-refractivity contribution in [1.82, 2.24) is 0 Å². The monoisotopic (exact) mass is 389 g/mol. The van der Waals surface area contributed by atoms with Crippen molar-refractivity contribution in [2.45, 2.75) is 46.5 Å². The second kappa shape index (κ2) is 7.78. The summed E-state index contributed by atoms with van der Waals surface area (Å²) in [6, 6.07) is 9.98. The fourth-order valence-corrected chi connectivity index (χ4v) is 4.04. The SMILES string of the molecule is COc1cc2oc3c(c2cc1/C(C)=C/C(=O)Nc1ccc(C)c(C)c1)CCCC3. The fourth-order valence-electron chi connectivity index (χ4n) is 4.04. The highest BCUT2D eigenvalue weighted by molar-refractivity contribution is 6.04. The summed E-state index contributed by atoms with van der Waals surface area (Å²) >= 11 is 0. The Labute approximate surface area is 171 Å². The third-order valence-corrected chi connectivity index (χ3v) is 5.82. The van der Waals surface area contributed by atoms with Crippen LogP contribution in [0.4, 0.5) is 5.69 Å². The van der Waals surface area contributed by atoms with Gasteiger partial charge in [0.15, 0.2) is 0 Å². The fraction of sp³-hybridized carbons (Fsp3) is 0.320. The molecule has 2 aromatic carbocycles. The van der Waals surface area contributed by atoms with Gasteiger partial charge >= 0.3 is 0 Å². The van der Waals surface area contributed by atoms with E-state index >= 15 is 0 Å². The third kappa shape index (κ3) is 3.80. The standard InChI is InChI=1S/C25H27NO3/c1-15-9-10-18(11-16(15)2)26-25(27)12-17(3)20-13-21-19-7-5-6-8-22(19)29-24(21)14-23(20)28-4/h9-14H,5-8H2,1-4H3,(H,26,27)/b17-12+. The second-order valence-electron chi connectivity index (χ2n) is 7.88. The van der Waals surface area contributed by atoms with Gasteiger partial charge in [-0.05, 0) is 74.9 Å². The van der Waals surface area contributed by atoms with E-state index in [0.717, 1.165) is 57.7 Å². The Bertz CT molecular complexity index is 1120. The number of aryl methyl sites for hydroxylation is 4. The summed E-state index contributed by atoms with van der Waals surface area (Å²) in [5.41, 5.74) is 7.11. The number of hydrogen-bond donors (Lipinski definition) is 1. The van der Waals surface area contributed by atoms with Crippen LogP contribution in [0.15, 0.2) is 40.8 Å². The van der Waals surface area contributed by atoms with E-state index in [1.165, 1.54) is 24.0 Å². The van der Waals surface area contributed by atoms with Gasteiger partial charge in [0.25, 0.3) is 0 Å². The Morgan fingerprint density at radius 2 is 1.90 bits per heavy atom. The molecule has 29 heavy (non-hydrogen) atoms. The molecule has 4 nitrogen and oxygen atoms in total. The molecule has 1 N–H and O–H groups in total. The number of nitrogens with one attached hydrogen (secondary N) is 1. The quantitative estimate of drug-likeness (QED) is 0.559. The number of benzene rings is 2. The van der Waals surface area contributed by atoms with Gasteiger partial charge in [-0.2, -0.15) is 0 Å². The normalized spacial score (nSPS) is 14.0. The molecule has 0 atom stereocenters. The van der Waals surface area contributed by atoms with Gasteiger partial charge in [-0.3, -0.25) is 4.79 Å². The zero-order chi connectivity index (χ0) is 20.5. The van der Waals surface area contributed by atoms with Crippen molar-refractivity contribution in [1.29, 1.82) is 0 Å². The minimum absolute atomic E-state index is 0.151. The smallest absolute Gasteiger partial charge is 0.248 e. The Balaban J connectivity index is 1.66. The van der Waals surface area contributed by atoms with E-state index in [-0.39, 0.29) is 5.91 Å². The van der Waals surface area contributed by atoms with Gasteiger partial charge in [0.05, 0.1) is 7.11 Å². The lowest BCUT2D eigenvalue weighted by Gasteiger charge is -2.11. The highest BCUT2D eigenvalue weighted by atomic mass is 16.5. The first-order valence-electron chi connectivity index (χ1n) is 10.2. The van der Waals surface area contributed by atoms with Crippen LogP contribution in [0.2, 0.25) is 0 Å². The van der Waals surface area contributed by atoms with E-state index in [1.807, 2.05) is 38.1 Å². The van der Waals surface area contributed by atoms with Gasteiger partial charge in [-0.25, -0.2) is 0 Å². The minimum Gasteiger partial charge on any atom is -0.496 e. The molecule has 0 radical (unpaired) electrons. The van der Waals surface area contributed by atoms with Crippen LogP contribution in [0, 0.1) is 13.8 Å². The molecular weight excluding hydrogens is 362 g/mol. The van der Waals surface area contributed by atoms with Crippen LogP contribution >= 0.6 is 0 Å². The summed E-state index contributed by atoms with van der Waals surface area (Å²) in [5.74, 6) is 1.66. The molecule has 1 heterocycles. The van der Waals surface area contributed by atoms with E-state index in [9.17, 15) is 4.79 Å². The first kappa shape index (κ1) is 19.3.